The average Bonchev–Trinajstić information content (AvgIpc) is 3.05. The van der Waals surface area contributed by atoms with Gasteiger partial charge < -0.3 is 15.1 Å². The Morgan fingerprint density at radius 3 is 2.86 bits per heavy atom. The second kappa shape index (κ2) is 9.20. The summed E-state index contributed by atoms with van der Waals surface area (Å²) in [6.07, 6.45) is 6.58. The molecule has 1 amide bonds. The van der Waals surface area contributed by atoms with Crippen LogP contribution in [0.3, 0.4) is 0 Å². The number of likely N-dealkylation sites (N-methyl/N-ethyl adjacent to an activating group) is 1. The van der Waals surface area contributed by atoms with Crippen LogP contribution in [0, 0.1) is 13.8 Å². The van der Waals surface area contributed by atoms with E-state index >= 15 is 0 Å². The third kappa shape index (κ3) is 5.32. The van der Waals surface area contributed by atoms with E-state index in [1.165, 1.54) is 11.3 Å². The number of rotatable bonds is 6. The van der Waals surface area contributed by atoms with Crippen LogP contribution in [0.25, 0.3) is 0 Å². The quantitative estimate of drug-likeness (QED) is 0.745. The SMILES string of the molecule is Cc1nc(Nc2nnc(C)s2)cc([C@@H]2CCCCN2C(=O)/C=C/CN(C)C)n1. The highest BCUT2D eigenvalue weighted by Gasteiger charge is 2.28. The van der Waals surface area contributed by atoms with Gasteiger partial charge in [-0.2, -0.15) is 0 Å². The van der Waals surface area contributed by atoms with Crippen molar-refractivity contribution in [3.63, 3.8) is 0 Å². The molecule has 28 heavy (non-hydrogen) atoms. The van der Waals surface area contributed by atoms with Gasteiger partial charge >= 0.3 is 0 Å². The zero-order valence-electron chi connectivity index (χ0n) is 16.8. The van der Waals surface area contributed by atoms with Crippen molar-refractivity contribution in [2.45, 2.75) is 39.2 Å². The summed E-state index contributed by atoms with van der Waals surface area (Å²) in [6, 6.07) is 1.88. The van der Waals surface area contributed by atoms with E-state index in [-0.39, 0.29) is 11.9 Å². The third-order valence-corrected chi connectivity index (χ3v) is 5.23. The smallest absolute Gasteiger partial charge is 0.246 e. The fourth-order valence-corrected chi connectivity index (χ4v) is 3.84. The Labute approximate surface area is 169 Å². The van der Waals surface area contributed by atoms with Crippen molar-refractivity contribution in [3.05, 3.63) is 34.7 Å². The molecule has 0 aliphatic carbocycles. The van der Waals surface area contributed by atoms with Crippen LogP contribution in [-0.2, 0) is 4.79 Å². The molecule has 1 N–H and O–H groups in total. The molecule has 2 aromatic heterocycles. The minimum Gasteiger partial charge on any atom is -0.331 e. The first-order valence-electron chi connectivity index (χ1n) is 9.47. The number of aryl methyl sites for hydroxylation is 2. The first kappa shape index (κ1) is 20.3. The molecule has 1 aliphatic rings. The summed E-state index contributed by atoms with van der Waals surface area (Å²) >= 11 is 1.48. The summed E-state index contributed by atoms with van der Waals surface area (Å²) in [5, 5.41) is 12.9. The van der Waals surface area contributed by atoms with Crippen molar-refractivity contribution in [2.75, 3.05) is 32.5 Å². The maximum absolute atomic E-state index is 12.8. The molecule has 3 rings (SSSR count). The summed E-state index contributed by atoms with van der Waals surface area (Å²) in [5.41, 5.74) is 0.866. The molecule has 9 heteroatoms. The molecule has 8 nitrogen and oxygen atoms in total. The summed E-state index contributed by atoms with van der Waals surface area (Å²) < 4.78 is 0. The summed E-state index contributed by atoms with van der Waals surface area (Å²) in [5.74, 6) is 1.39. The van der Waals surface area contributed by atoms with E-state index in [0.717, 1.165) is 43.1 Å². The highest BCUT2D eigenvalue weighted by atomic mass is 32.1. The van der Waals surface area contributed by atoms with Crippen LogP contribution in [0.1, 0.15) is 41.8 Å². The van der Waals surface area contributed by atoms with Gasteiger partial charge in [-0.25, -0.2) is 9.97 Å². The molecule has 0 saturated carbocycles. The number of amides is 1. The van der Waals surface area contributed by atoms with E-state index in [2.05, 4.69) is 25.5 Å². The first-order valence-corrected chi connectivity index (χ1v) is 10.3. The molecule has 1 fully saturated rings. The summed E-state index contributed by atoms with van der Waals surface area (Å²) in [6.45, 7) is 5.27. The molecule has 150 valence electrons. The van der Waals surface area contributed by atoms with Gasteiger partial charge in [0.1, 0.15) is 16.6 Å². The molecule has 1 atom stereocenters. The lowest BCUT2D eigenvalue weighted by Gasteiger charge is -2.35. The van der Waals surface area contributed by atoms with Gasteiger partial charge in [-0.15, -0.1) is 10.2 Å². The zero-order valence-corrected chi connectivity index (χ0v) is 17.7. The minimum atomic E-state index is -0.0383. The van der Waals surface area contributed by atoms with Crippen molar-refractivity contribution < 1.29 is 4.79 Å². The lowest BCUT2D eigenvalue weighted by molar-refractivity contribution is -0.129. The molecular weight excluding hydrogens is 374 g/mol. The van der Waals surface area contributed by atoms with Gasteiger partial charge in [0, 0.05) is 25.2 Å². The van der Waals surface area contributed by atoms with Crippen LogP contribution >= 0.6 is 11.3 Å². The number of hydrogen-bond donors (Lipinski definition) is 1. The number of nitrogens with one attached hydrogen (secondary N) is 1. The zero-order chi connectivity index (χ0) is 20.1. The number of anilines is 2. The van der Waals surface area contributed by atoms with Gasteiger partial charge in [0.2, 0.25) is 11.0 Å². The molecule has 0 bridgehead atoms. The standard InChI is InChI=1S/C19H27N7OS/c1-13-20-15(12-17(21-13)22-19-24-23-14(2)28-19)16-8-5-6-11-26(16)18(27)9-7-10-25(3)4/h7,9,12,16H,5-6,8,10-11H2,1-4H3,(H,20,21,22,24)/b9-7+/t16-/m0/s1. The number of likely N-dealkylation sites (tertiary alicyclic amines) is 1. The fraction of sp³-hybridized carbons (Fsp3) is 0.526. The van der Waals surface area contributed by atoms with E-state index in [1.54, 1.807) is 6.08 Å². The van der Waals surface area contributed by atoms with Crippen LogP contribution in [-0.4, -0.2) is 63.1 Å². The largest absolute Gasteiger partial charge is 0.331 e. The van der Waals surface area contributed by atoms with Crippen LogP contribution in [0.15, 0.2) is 18.2 Å². The molecule has 0 radical (unpaired) electrons. The normalized spacial score (nSPS) is 17.5. The number of piperidine rings is 1. The Kier molecular flexibility index (Phi) is 6.69. The van der Waals surface area contributed by atoms with Gasteiger partial charge in [0.15, 0.2) is 0 Å². The van der Waals surface area contributed by atoms with E-state index in [4.69, 9.17) is 0 Å². The molecule has 0 aromatic carbocycles. The highest BCUT2D eigenvalue weighted by molar-refractivity contribution is 7.15. The lowest BCUT2D eigenvalue weighted by Crippen LogP contribution is -2.38. The molecule has 0 spiro atoms. The van der Waals surface area contributed by atoms with Gasteiger partial charge in [-0.05, 0) is 47.2 Å². The van der Waals surface area contributed by atoms with Gasteiger partial charge in [0.25, 0.3) is 0 Å². The van der Waals surface area contributed by atoms with Gasteiger partial charge in [-0.1, -0.05) is 17.4 Å². The topological polar surface area (TPSA) is 87.1 Å². The van der Waals surface area contributed by atoms with E-state index in [1.807, 2.05) is 49.9 Å². The lowest BCUT2D eigenvalue weighted by atomic mass is 9.98. The van der Waals surface area contributed by atoms with E-state index in [0.29, 0.717) is 16.8 Å². The van der Waals surface area contributed by atoms with Crippen molar-refractivity contribution >= 4 is 28.2 Å². The van der Waals surface area contributed by atoms with Crippen molar-refractivity contribution in [1.82, 2.24) is 30.0 Å². The van der Waals surface area contributed by atoms with Gasteiger partial charge in [0.05, 0.1) is 11.7 Å². The molecule has 2 aromatic rings. The second-order valence-corrected chi connectivity index (χ2v) is 8.37. The predicted molar refractivity (Wildman–Crippen MR) is 111 cm³/mol. The molecule has 0 unspecified atom stereocenters. The van der Waals surface area contributed by atoms with E-state index in [9.17, 15) is 4.79 Å². The molecule has 1 aliphatic heterocycles. The summed E-state index contributed by atoms with van der Waals surface area (Å²) in [7, 11) is 3.96. The second-order valence-electron chi connectivity index (χ2n) is 7.18. The number of carbonyl (C=O) groups excluding carboxylic acids is 1. The Balaban J connectivity index is 1.80. The van der Waals surface area contributed by atoms with Crippen LogP contribution in [0.2, 0.25) is 0 Å². The molecule has 1 saturated heterocycles. The Morgan fingerprint density at radius 1 is 1.32 bits per heavy atom. The number of aromatic nitrogens is 4. The first-order chi connectivity index (χ1) is 13.4. The van der Waals surface area contributed by atoms with Crippen LogP contribution < -0.4 is 5.32 Å². The fourth-order valence-electron chi connectivity index (χ4n) is 3.25. The van der Waals surface area contributed by atoms with Crippen molar-refractivity contribution in [3.8, 4) is 0 Å². The highest BCUT2D eigenvalue weighted by Crippen LogP contribution is 2.31. The number of carbonyl (C=O) groups is 1. The van der Waals surface area contributed by atoms with Gasteiger partial charge in [-0.3, -0.25) is 4.79 Å². The third-order valence-electron chi connectivity index (χ3n) is 4.48. The Hall–Kier alpha value is -2.39. The molecule has 3 heterocycles. The predicted octanol–water partition coefficient (Wildman–Crippen LogP) is 2.86. The summed E-state index contributed by atoms with van der Waals surface area (Å²) in [4.78, 5) is 25.8. The number of hydrogen-bond acceptors (Lipinski definition) is 8. The molecular formula is C19H27N7OS. The van der Waals surface area contributed by atoms with E-state index < -0.39 is 0 Å². The minimum absolute atomic E-state index is 0.0383. The number of nitrogens with zero attached hydrogens (tertiary/aromatic N) is 6. The maximum Gasteiger partial charge on any atom is 0.246 e. The monoisotopic (exact) mass is 401 g/mol. The van der Waals surface area contributed by atoms with Crippen molar-refractivity contribution in [2.24, 2.45) is 0 Å². The van der Waals surface area contributed by atoms with Crippen LogP contribution in [0.4, 0.5) is 10.9 Å². The Morgan fingerprint density at radius 2 is 2.14 bits per heavy atom. The Bertz CT molecular complexity index is 849. The maximum atomic E-state index is 12.8. The van der Waals surface area contributed by atoms with Crippen molar-refractivity contribution in [1.29, 1.82) is 0 Å². The average molecular weight is 402 g/mol. The van der Waals surface area contributed by atoms with Crippen LogP contribution in [0.5, 0.6) is 0 Å².